The van der Waals surface area contributed by atoms with Crippen molar-refractivity contribution in [2.24, 2.45) is 5.41 Å². The van der Waals surface area contributed by atoms with Gasteiger partial charge in [-0.05, 0) is 32.3 Å². The fraction of sp³-hybridized carbons (Fsp3) is 0.647. The monoisotopic (exact) mass is 304 g/mol. The molecule has 5 nitrogen and oxygen atoms in total. The van der Waals surface area contributed by atoms with Gasteiger partial charge in [0.05, 0.1) is 12.7 Å². The van der Waals surface area contributed by atoms with E-state index in [9.17, 15) is 4.79 Å². The summed E-state index contributed by atoms with van der Waals surface area (Å²) in [6.45, 7) is 7.29. The van der Waals surface area contributed by atoms with E-state index in [0.29, 0.717) is 11.4 Å². The first-order valence-electron chi connectivity index (χ1n) is 8.12. The van der Waals surface area contributed by atoms with Gasteiger partial charge in [-0.2, -0.15) is 0 Å². The molecule has 3 rings (SSSR count). The van der Waals surface area contributed by atoms with Crippen molar-refractivity contribution < 1.29 is 14.3 Å². The number of carbonyl (C=O) groups is 1. The third-order valence-electron chi connectivity index (χ3n) is 4.79. The third-order valence-corrected chi connectivity index (χ3v) is 4.79. The summed E-state index contributed by atoms with van der Waals surface area (Å²) in [7, 11) is 0. The molecule has 120 valence electrons. The minimum atomic E-state index is 0.0696. The molecule has 5 heteroatoms. The maximum atomic E-state index is 12.7. The lowest BCUT2D eigenvalue weighted by atomic mass is 9.87. The first kappa shape index (κ1) is 15.3. The summed E-state index contributed by atoms with van der Waals surface area (Å²) < 4.78 is 11.2. The number of hydrogen-bond acceptors (Lipinski definition) is 4. The SMILES string of the molecule is CC[C@@H](C)Oc1cc(C(=O)N2CC[C@@]3(CCOC3)C2)ccn1. The molecule has 0 radical (unpaired) electrons. The van der Waals surface area contributed by atoms with Gasteiger partial charge < -0.3 is 14.4 Å². The van der Waals surface area contributed by atoms with Crippen LogP contribution in [0.1, 0.15) is 43.5 Å². The van der Waals surface area contributed by atoms with Crippen LogP contribution in [0.15, 0.2) is 18.3 Å². The van der Waals surface area contributed by atoms with Crippen LogP contribution < -0.4 is 4.74 Å². The average molecular weight is 304 g/mol. The Morgan fingerprint density at radius 1 is 1.55 bits per heavy atom. The van der Waals surface area contributed by atoms with Gasteiger partial charge in [0.1, 0.15) is 0 Å². The quantitative estimate of drug-likeness (QED) is 0.857. The Bertz CT molecular complexity index is 540. The Hall–Kier alpha value is -1.62. The highest BCUT2D eigenvalue weighted by molar-refractivity contribution is 5.94. The van der Waals surface area contributed by atoms with Crippen molar-refractivity contribution in [1.82, 2.24) is 9.88 Å². The van der Waals surface area contributed by atoms with Gasteiger partial charge in [0.2, 0.25) is 5.88 Å². The van der Waals surface area contributed by atoms with Gasteiger partial charge in [0.15, 0.2) is 0 Å². The number of likely N-dealkylation sites (tertiary alicyclic amines) is 1. The van der Waals surface area contributed by atoms with Crippen molar-refractivity contribution in [3.8, 4) is 5.88 Å². The lowest BCUT2D eigenvalue weighted by Gasteiger charge is -2.22. The molecule has 1 amide bonds. The first-order valence-corrected chi connectivity index (χ1v) is 8.12. The second kappa shape index (κ2) is 6.24. The molecule has 2 fully saturated rings. The summed E-state index contributed by atoms with van der Waals surface area (Å²) >= 11 is 0. The second-order valence-corrected chi connectivity index (χ2v) is 6.50. The standard InChI is InChI=1S/C17H24N2O3/c1-3-13(2)22-15-10-14(4-7-18-15)16(20)19-8-5-17(11-19)6-9-21-12-17/h4,7,10,13H,3,5-6,8-9,11-12H2,1-2H3/t13-,17-/m1/s1. The number of nitrogens with zero attached hydrogens (tertiary/aromatic N) is 2. The molecule has 0 N–H and O–H groups in total. The zero-order chi connectivity index (χ0) is 15.6. The zero-order valence-corrected chi connectivity index (χ0v) is 13.4. The number of aromatic nitrogens is 1. The Morgan fingerprint density at radius 3 is 3.14 bits per heavy atom. The van der Waals surface area contributed by atoms with E-state index in [0.717, 1.165) is 45.6 Å². The maximum Gasteiger partial charge on any atom is 0.254 e. The predicted molar refractivity (Wildman–Crippen MR) is 83.0 cm³/mol. The highest BCUT2D eigenvalue weighted by Crippen LogP contribution is 2.38. The summed E-state index contributed by atoms with van der Waals surface area (Å²) in [4.78, 5) is 18.8. The molecule has 2 saturated heterocycles. The van der Waals surface area contributed by atoms with Crippen LogP contribution in [-0.4, -0.2) is 48.2 Å². The second-order valence-electron chi connectivity index (χ2n) is 6.50. The normalized spacial score (nSPS) is 25.6. The fourth-order valence-electron chi connectivity index (χ4n) is 3.16. The Morgan fingerprint density at radius 2 is 2.41 bits per heavy atom. The lowest BCUT2D eigenvalue weighted by molar-refractivity contribution is 0.0764. The van der Waals surface area contributed by atoms with Crippen molar-refractivity contribution in [2.45, 2.75) is 39.2 Å². The van der Waals surface area contributed by atoms with Gasteiger partial charge in [0, 0.05) is 42.9 Å². The van der Waals surface area contributed by atoms with Crippen LogP contribution >= 0.6 is 0 Å². The van der Waals surface area contributed by atoms with Crippen molar-refractivity contribution in [2.75, 3.05) is 26.3 Å². The largest absolute Gasteiger partial charge is 0.475 e. The van der Waals surface area contributed by atoms with Crippen molar-refractivity contribution >= 4 is 5.91 Å². The molecule has 2 atom stereocenters. The molecule has 0 bridgehead atoms. The van der Waals surface area contributed by atoms with Crippen molar-refractivity contribution in [3.05, 3.63) is 23.9 Å². The lowest BCUT2D eigenvalue weighted by Crippen LogP contribution is -2.32. The van der Waals surface area contributed by atoms with Crippen molar-refractivity contribution in [3.63, 3.8) is 0 Å². The number of hydrogen-bond donors (Lipinski definition) is 0. The summed E-state index contributed by atoms with van der Waals surface area (Å²) in [6, 6.07) is 3.52. The van der Waals surface area contributed by atoms with E-state index >= 15 is 0 Å². The van der Waals surface area contributed by atoms with Gasteiger partial charge in [-0.25, -0.2) is 4.98 Å². The topological polar surface area (TPSA) is 51.7 Å². The van der Waals surface area contributed by atoms with Crippen LogP contribution in [0.25, 0.3) is 0 Å². The first-order chi connectivity index (χ1) is 10.6. The Kier molecular flexibility index (Phi) is 4.34. The van der Waals surface area contributed by atoms with Gasteiger partial charge >= 0.3 is 0 Å². The summed E-state index contributed by atoms with van der Waals surface area (Å²) in [5.74, 6) is 0.596. The highest BCUT2D eigenvalue weighted by atomic mass is 16.5. The number of amides is 1. The van der Waals surface area contributed by atoms with E-state index < -0.39 is 0 Å². The number of pyridine rings is 1. The molecule has 22 heavy (non-hydrogen) atoms. The molecule has 0 aromatic carbocycles. The van der Waals surface area contributed by atoms with Gasteiger partial charge in [-0.15, -0.1) is 0 Å². The maximum absolute atomic E-state index is 12.7. The Balaban J connectivity index is 1.68. The van der Waals surface area contributed by atoms with Crippen LogP contribution in [0.3, 0.4) is 0 Å². The summed E-state index contributed by atoms with van der Waals surface area (Å²) in [6.07, 6.45) is 4.77. The summed E-state index contributed by atoms with van der Waals surface area (Å²) in [5, 5.41) is 0. The molecule has 2 aliphatic rings. The molecule has 3 heterocycles. The Labute approximate surface area is 131 Å². The molecule has 1 aromatic heterocycles. The van der Waals surface area contributed by atoms with E-state index in [1.54, 1.807) is 18.3 Å². The van der Waals surface area contributed by atoms with Crippen LogP contribution in [-0.2, 0) is 4.74 Å². The molecular weight excluding hydrogens is 280 g/mol. The number of rotatable bonds is 4. The van der Waals surface area contributed by atoms with E-state index in [1.165, 1.54) is 0 Å². The average Bonchev–Trinajstić information content (AvgIpc) is 3.17. The minimum Gasteiger partial charge on any atom is -0.475 e. The number of ether oxygens (including phenoxy) is 2. The van der Waals surface area contributed by atoms with Crippen LogP contribution in [0.2, 0.25) is 0 Å². The molecule has 0 aliphatic carbocycles. The molecule has 0 unspecified atom stereocenters. The molecule has 1 spiro atoms. The fourth-order valence-corrected chi connectivity index (χ4v) is 3.16. The molecule has 2 aliphatic heterocycles. The van der Waals surface area contributed by atoms with Crippen LogP contribution in [0.4, 0.5) is 0 Å². The number of carbonyl (C=O) groups excluding carboxylic acids is 1. The van der Waals surface area contributed by atoms with E-state index in [2.05, 4.69) is 11.9 Å². The van der Waals surface area contributed by atoms with Crippen LogP contribution in [0, 0.1) is 5.41 Å². The van der Waals surface area contributed by atoms with Crippen molar-refractivity contribution in [1.29, 1.82) is 0 Å². The molecular formula is C17H24N2O3. The zero-order valence-electron chi connectivity index (χ0n) is 13.4. The van der Waals surface area contributed by atoms with Gasteiger partial charge in [-0.3, -0.25) is 4.79 Å². The molecule has 0 saturated carbocycles. The van der Waals surface area contributed by atoms with Gasteiger partial charge in [-0.1, -0.05) is 6.92 Å². The minimum absolute atomic E-state index is 0.0696. The smallest absolute Gasteiger partial charge is 0.254 e. The predicted octanol–water partition coefficient (Wildman–Crippen LogP) is 2.51. The van der Waals surface area contributed by atoms with E-state index in [4.69, 9.17) is 9.47 Å². The summed E-state index contributed by atoms with van der Waals surface area (Å²) in [5.41, 5.74) is 0.850. The van der Waals surface area contributed by atoms with Crippen LogP contribution in [0.5, 0.6) is 5.88 Å². The third kappa shape index (κ3) is 3.09. The highest BCUT2D eigenvalue weighted by Gasteiger charge is 2.42. The van der Waals surface area contributed by atoms with E-state index in [-0.39, 0.29) is 17.4 Å². The molecule has 1 aromatic rings. The van der Waals surface area contributed by atoms with E-state index in [1.807, 2.05) is 11.8 Å². The van der Waals surface area contributed by atoms with Gasteiger partial charge in [0.25, 0.3) is 5.91 Å².